The molecule has 0 aliphatic rings. The van der Waals surface area contributed by atoms with Crippen LogP contribution in [0.5, 0.6) is 11.5 Å². The molecule has 5 nitrogen and oxygen atoms in total. The SMILES string of the molecule is C=C(F)c1c(OC)cc(-c2cnc3cc(C(C)(C)C#N)ccn23)cc1OC(F)F. The quantitative estimate of drug-likeness (QED) is 0.558. The van der Waals surface area contributed by atoms with Gasteiger partial charge in [-0.2, -0.15) is 14.0 Å². The second-order valence-electron chi connectivity index (χ2n) is 6.86. The zero-order chi connectivity index (χ0) is 21.3. The minimum Gasteiger partial charge on any atom is -0.496 e. The lowest BCUT2D eigenvalue weighted by Crippen LogP contribution is -2.14. The van der Waals surface area contributed by atoms with Crippen molar-refractivity contribution in [3.05, 3.63) is 54.4 Å². The van der Waals surface area contributed by atoms with Crippen LogP contribution in [0.2, 0.25) is 0 Å². The van der Waals surface area contributed by atoms with E-state index >= 15 is 0 Å². The predicted molar refractivity (Wildman–Crippen MR) is 103 cm³/mol. The van der Waals surface area contributed by atoms with Gasteiger partial charge in [-0.1, -0.05) is 6.58 Å². The van der Waals surface area contributed by atoms with E-state index in [0.29, 0.717) is 16.9 Å². The number of ether oxygens (including phenoxy) is 2. The number of alkyl halides is 2. The summed E-state index contributed by atoms with van der Waals surface area (Å²) in [5.74, 6) is -1.34. The highest BCUT2D eigenvalue weighted by atomic mass is 19.3. The third kappa shape index (κ3) is 3.76. The minimum atomic E-state index is -3.15. The van der Waals surface area contributed by atoms with Crippen LogP contribution in [0.1, 0.15) is 25.0 Å². The first kappa shape index (κ1) is 20.3. The maximum atomic E-state index is 13.9. The van der Waals surface area contributed by atoms with E-state index in [1.165, 1.54) is 19.2 Å². The average Bonchev–Trinajstić information content (AvgIpc) is 3.09. The smallest absolute Gasteiger partial charge is 0.387 e. The van der Waals surface area contributed by atoms with Gasteiger partial charge in [0.05, 0.1) is 36.0 Å². The van der Waals surface area contributed by atoms with Gasteiger partial charge in [-0.3, -0.25) is 4.40 Å². The maximum Gasteiger partial charge on any atom is 0.387 e. The molecule has 0 bridgehead atoms. The Kier molecular flexibility index (Phi) is 5.25. The van der Waals surface area contributed by atoms with Crippen LogP contribution in [-0.4, -0.2) is 23.1 Å². The van der Waals surface area contributed by atoms with Gasteiger partial charge in [0, 0.05) is 11.8 Å². The molecular formula is C21H18F3N3O2. The van der Waals surface area contributed by atoms with Crippen LogP contribution in [0.25, 0.3) is 22.7 Å². The molecule has 0 saturated heterocycles. The summed E-state index contributed by atoms with van der Waals surface area (Å²) < 4.78 is 51.0. The van der Waals surface area contributed by atoms with Crippen LogP contribution in [0.3, 0.4) is 0 Å². The number of pyridine rings is 1. The van der Waals surface area contributed by atoms with Gasteiger partial charge >= 0.3 is 6.61 Å². The highest BCUT2D eigenvalue weighted by Crippen LogP contribution is 2.40. The van der Waals surface area contributed by atoms with Gasteiger partial charge in [0.1, 0.15) is 23.0 Å². The normalized spacial score (nSPS) is 11.5. The summed E-state index contributed by atoms with van der Waals surface area (Å²) >= 11 is 0. The first-order valence-electron chi connectivity index (χ1n) is 8.58. The fraction of sp³-hybridized carbons (Fsp3) is 0.238. The zero-order valence-corrected chi connectivity index (χ0v) is 16.0. The first-order valence-corrected chi connectivity index (χ1v) is 8.58. The molecule has 0 aliphatic heterocycles. The van der Waals surface area contributed by atoms with Crippen LogP contribution in [-0.2, 0) is 5.41 Å². The number of hydrogen-bond donors (Lipinski definition) is 0. The summed E-state index contributed by atoms with van der Waals surface area (Å²) in [7, 11) is 1.29. The number of imidazole rings is 1. The molecule has 0 saturated carbocycles. The molecule has 0 spiro atoms. The van der Waals surface area contributed by atoms with Crippen LogP contribution in [0.15, 0.2) is 43.2 Å². The minimum absolute atomic E-state index is 0.00262. The molecule has 0 unspecified atom stereocenters. The number of nitriles is 1. The second kappa shape index (κ2) is 7.51. The van der Waals surface area contributed by atoms with E-state index < -0.39 is 17.9 Å². The summed E-state index contributed by atoms with van der Waals surface area (Å²) in [6.45, 7) is 3.61. The summed E-state index contributed by atoms with van der Waals surface area (Å²) in [5, 5.41) is 9.33. The van der Waals surface area contributed by atoms with E-state index in [9.17, 15) is 18.4 Å². The van der Waals surface area contributed by atoms with Crippen molar-refractivity contribution < 1.29 is 22.6 Å². The summed E-state index contributed by atoms with van der Waals surface area (Å²) in [6, 6.07) is 8.57. The van der Waals surface area contributed by atoms with Crippen molar-refractivity contribution in [2.24, 2.45) is 0 Å². The summed E-state index contributed by atoms with van der Waals surface area (Å²) in [4.78, 5) is 4.34. The number of rotatable bonds is 6. The van der Waals surface area contributed by atoms with E-state index in [4.69, 9.17) is 4.74 Å². The monoisotopic (exact) mass is 401 g/mol. The lowest BCUT2D eigenvalue weighted by Gasteiger charge is -2.17. The number of hydrogen-bond acceptors (Lipinski definition) is 4. The Hall–Kier alpha value is -3.47. The van der Waals surface area contributed by atoms with Crippen LogP contribution in [0, 0.1) is 11.3 Å². The Morgan fingerprint density at radius 1 is 1.28 bits per heavy atom. The second-order valence-corrected chi connectivity index (χ2v) is 6.86. The fourth-order valence-electron chi connectivity index (χ4n) is 3.00. The zero-order valence-electron chi connectivity index (χ0n) is 16.0. The van der Waals surface area contributed by atoms with Crippen LogP contribution in [0.4, 0.5) is 13.2 Å². The Bertz CT molecular complexity index is 1130. The van der Waals surface area contributed by atoms with Crippen molar-refractivity contribution >= 4 is 11.5 Å². The number of benzene rings is 1. The lowest BCUT2D eigenvalue weighted by atomic mass is 9.87. The van der Waals surface area contributed by atoms with Gasteiger partial charge in [-0.25, -0.2) is 9.37 Å². The molecule has 150 valence electrons. The van der Waals surface area contributed by atoms with Gasteiger partial charge in [-0.05, 0) is 43.7 Å². The number of nitrogens with zero attached hydrogens (tertiary/aromatic N) is 3. The molecule has 2 heterocycles. The van der Waals surface area contributed by atoms with E-state index in [1.54, 1.807) is 42.8 Å². The predicted octanol–water partition coefficient (Wildman–Crippen LogP) is 5.35. The van der Waals surface area contributed by atoms with Crippen molar-refractivity contribution in [3.63, 3.8) is 0 Å². The molecule has 0 N–H and O–H groups in total. The standard InChI is InChI=1S/C21H18F3N3O2/c1-12(22)19-16(28-4)7-13(8-17(19)29-20(23)24)15-10-26-18-9-14(5-6-27(15)18)21(2,3)11-25/h5-10,20H,1H2,2-4H3. The molecule has 0 fully saturated rings. The van der Waals surface area contributed by atoms with Crippen LogP contribution >= 0.6 is 0 Å². The third-order valence-corrected chi connectivity index (χ3v) is 4.58. The average molecular weight is 401 g/mol. The van der Waals surface area contributed by atoms with Gasteiger partial charge in [0.25, 0.3) is 0 Å². The molecule has 0 radical (unpaired) electrons. The molecular weight excluding hydrogens is 383 g/mol. The highest BCUT2D eigenvalue weighted by molar-refractivity contribution is 5.76. The van der Waals surface area contributed by atoms with Crippen molar-refractivity contribution in [3.8, 4) is 28.8 Å². The number of halogens is 3. The van der Waals surface area contributed by atoms with E-state index in [0.717, 1.165) is 5.56 Å². The van der Waals surface area contributed by atoms with Gasteiger partial charge in [-0.15, -0.1) is 0 Å². The van der Waals surface area contributed by atoms with Crippen molar-refractivity contribution in [2.45, 2.75) is 25.9 Å². The first-order chi connectivity index (χ1) is 13.7. The highest BCUT2D eigenvalue weighted by Gasteiger charge is 2.23. The Morgan fingerprint density at radius 2 is 1.97 bits per heavy atom. The van der Waals surface area contributed by atoms with E-state index in [1.807, 2.05) is 0 Å². The molecule has 3 aromatic rings. The molecule has 0 aliphatic carbocycles. The topological polar surface area (TPSA) is 59.5 Å². The molecule has 1 aromatic carbocycles. The number of aromatic nitrogens is 2. The number of fused-ring (bicyclic) bond motifs is 1. The van der Waals surface area contributed by atoms with E-state index in [-0.39, 0.29) is 17.1 Å². The van der Waals surface area contributed by atoms with Crippen molar-refractivity contribution in [2.75, 3.05) is 7.11 Å². The largest absolute Gasteiger partial charge is 0.496 e. The van der Waals surface area contributed by atoms with Crippen LogP contribution < -0.4 is 9.47 Å². The molecule has 29 heavy (non-hydrogen) atoms. The molecule has 2 aromatic heterocycles. The maximum absolute atomic E-state index is 13.9. The number of methoxy groups -OCH3 is 1. The fourth-order valence-corrected chi connectivity index (χ4v) is 3.00. The molecule has 0 amide bonds. The lowest BCUT2D eigenvalue weighted by molar-refractivity contribution is -0.0501. The van der Waals surface area contributed by atoms with Crippen molar-refractivity contribution in [1.82, 2.24) is 9.38 Å². The molecule has 0 atom stereocenters. The Morgan fingerprint density at radius 3 is 2.55 bits per heavy atom. The summed E-state index contributed by atoms with van der Waals surface area (Å²) in [5.41, 5.74) is 1.36. The van der Waals surface area contributed by atoms with Crippen molar-refractivity contribution in [1.29, 1.82) is 5.26 Å². The van der Waals surface area contributed by atoms with Gasteiger partial charge < -0.3 is 9.47 Å². The van der Waals surface area contributed by atoms with Gasteiger partial charge in [0.15, 0.2) is 0 Å². The molecule has 8 heteroatoms. The Labute approximate surface area is 165 Å². The molecule has 3 rings (SSSR count). The third-order valence-electron chi connectivity index (χ3n) is 4.58. The van der Waals surface area contributed by atoms with E-state index in [2.05, 4.69) is 22.4 Å². The van der Waals surface area contributed by atoms with Gasteiger partial charge in [0.2, 0.25) is 0 Å². The Balaban J connectivity index is 2.19. The summed E-state index contributed by atoms with van der Waals surface area (Å²) in [6.07, 6.45) is 3.28.